The first kappa shape index (κ1) is 17.7. The SMILES string of the molecule is COc1ccc(-c2nc(COC3CCN(C(=O)O)CC3)no2)cc1C#N. The summed E-state index contributed by atoms with van der Waals surface area (Å²) < 4.78 is 16.1. The second-order valence-electron chi connectivity index (χ2n) is 5.82. The Labute approximate surface area is 149 Å². The van der Waals surface area contributed by atoms with Gasteiger partial charge in [0.15, 0.2) is 5.82 Å². The fourth-order valence-electron chi connectivity index (χ4n) is 2.76. The average molecular weight is 358 g/mol. The molecular formula is C17H18N4O5. The number of rotatable bonds is 5. The standard InChI is InChI=1S/C17H18N4O5/c1-24-14-3-2-11(8-12(14)9-18)16-19-15(20-26-16)10-25-13-4-6-21(7-5-13)17(22)23/h2-3,8,13H,4-7,10H2,1H3,(H,22,23). The maximum atomic E-state index is 10.9. The van der Waals surface area contributed by atoms with Crippen molar-refractivity contribution < 1.29 is 23.9 Å². The zero-order chi connectivity index (χ0) is 18.5. The van der Waals surface area contributed by atoms with Gasteiger partial charge in [0.05, 0.1) is 18.8 Å². The van der Waals surface area contributed by atoms with E-state index in [1.165, 1.54) is 12.0 Å². The summed E-state index contributed by atoms with van der Waals surface area (Å²) in [5.41, 5.74) is 1.00. The molecule has 26 heavy (non-hydrogen) atoms. The van der Waals surface area contributed by atoms with E-state index in [1.54, 1.807) is 18.2 Å². The van der Waals surface area contributed by atoms with Gasteiger partial charge in [0.25, 0.3) is 5.89 Å². The third-order valence-electron chi connectivity index (χ3n) is 4.20. The molecule has 0 unspecified atom stereocenters. The molecule has 9 heteroatoms. The largest absolute Gasteiger partial charge is 0.495 e. The molecule has 2 aromatic rings. The predicted octanol–water partition coefficient (Wildman–Crippen LogP) is 2.28. The Morgan fingerprint density at radius 1 is 1.46 bits per heavy atom. The number of hydrogen-bond donors (Lipinski definition) is 1. The molecule has 1 amide bonds. The number of nitrogens with zero attached hydrogens (tertiary/aromatic N) is 4. The van der Waals surface area contributed by atoms with Crippen LogP contribution in [0.5, 0.6) is 5.75 Å². The molecule has 1 aliphatic rings. The molecule has 1 aromatic heterocycles. The minimum absolute atomic E-state index is 0.0290. The van der Waals surface area contributed by atoms with Crippen LogP contribution in [0.15, 0.2) is 22.7 Å². The van der Waals surface area contributed by atoms with Crippen LogP contribution in [0.1, 0.15) is 24.2 Å². The van der Waals surface area contributed by atoms with Crippen molar-refractivity contribution >= 4 is 6.09 Å². The number of likely N-dealkylation sites (tertiary alicyclic amines) is 1. The second kappa shape index (κ2) is 7.84. The molecule has 136 valence electrons. The highest BCUT2D eigenvalue weighted by molar-refractivity contribution is 5.65. The first-order chi connectivity index (χ1) is 12.6. The van der Waals surface area contributed by atoms with Gasteiger partial charge in [-0.2, -0.15) is 10.2 Å². The molecule has 0 aliphatic carbocycles. The lowest BCUT2D eigenvalue weighted by Gasteiger charge is -2.29. The van der Waals surface area contributed by atoms with E-state index in [0.29, 0.717) is 54.5 Å². The van der Waals surface area contributed by atoms with Crippen LogP contribution in [0, 0.1) is 11.3 Å². The van der Waals surface area contributed by atoms with E-state index in [2.05, 4.69) is 16.2 Å². The van der Waals surface area contributed by atoms with E-state index < -0.39 is 6.09 Å². The van der Waals surface area contributed by atoms with Gasteiger partial charge in [-0.3, -0.25) is 0 Å². The zero-order valence-electron chi connectivity index (χ0n) is 14.2. The highest BCUT2D eigenvalue weighted by atomic mass is 16.5. The topological polar surface area (TPSA) is 122 Å². The molecule has 1 saturated heterocycles. The summed E-state index contributed by atoms with van der Waals surface area (Å²) in [6, 6.07) is 7.09. The number of piperidine rings is 1. The van der Waals surface area contributed by atoms with Gasteiger partial charge in [0.1, 0.15) is 18.4 Å². The van der Waals surface area contributed by atoms with E-state index in [4.69, 9.17) is 24.4 Å². The Bertz CT molecular complexity index is 821. The predicted molar refractivity (Wildman–Crippen MR) is 88.4 cm³/mol. The van der Waals surface area contributed by atoms with Gasteiger partial charge < -0.3 is 24.0 Å². The van der Waals surface area contributed by atoms with Gasteiger partial charge in [-0.1, -0.05) is 5.16 Å². The third-order valence-corrected chi connectivity index (χ3v) is 4.20. The maximum absolute atomic E-state index is 10.9. The van der Waals surface area contributed by atoms with E-state index in [0.717, 1.165) is 0 Å². The van der Waals surface area contributed by atoms with Crippen LogP contribution < -0.4 is 4.74 Å². The first-order valence-corrected chi connectivity index (χ1v) is 8.11. The van der Waals surface area contributed by atoms with Crippen LogP contribution in [-0.2, 0) is 11.3 Å². The monoisotopic (exact) mass is 358 g/mol. The number of aromatic nitrogens is 2. The molecule has 0 radical (unpaired) electrons. The minimum Gasteiger partial charge on any atom is -0.495 e. The molecule has 2 heterocycles. The molecule has 0 atom stereocenters. The molecule has 1 aliphatic heterocycles. The maximum Gasteiger partial charge on any atom is 0.407 e. The lowest BCUT2D eigenvalue weighted by Crippen LogP contribution is -2.40. The highest BCUT2D eigenvalue weighted by Crippen LogP contribution is 2.25. The Morgan fingerprint density at radius 2 is 2.23 bits per heavy atom. The van der Waals surface area contributed by atoms with Crippen molar-refractivity contribution in [2.45, 2.75) is 25.6 Å². The van der Waals surface area contributed by atoms with Crippen LogP contribution in [0.4, 0.5) is 4.79 Å². The van der Waals surface area contributed by atoms with Crippen LogP contribution in [0.3, 0.4) is 0 Å². The fourth-order valence-corrected chi connectivity index (χ4v) is 2.76. The Kier molecular flexibility index (Phi) is 5.34. The summed E-state index contributed by atoms with van der Waals surface area (Å²) in [5.74, 6) is 1.17. The average Bonchev–Trinajstić information content (AvgIpc) is 3.15. The quantitative estimate of drug-likeness (QED) is 0.864. The summed E-state index contributed by atoms with van der Waals surface area (Å²) in [7, 11) is 1.50. The number of benzene rings is 1. The van der Waals surface area contributed by atoms with Crippen molar-refractivity contribution in [2.75, 3.05) is 20.2 Å². The van der Waals surface area contributed by atoms with Gasteiger partial charge in [0.2, 0.25) is 0 Å². The smallest absolute Gasteiger partial charge is 0.407 e. The van der Waals surface area contributed by atoms with Gasteiger partial charge in [-0.25, -0.2) is 4.79 Å². The van der Waals surface area contributed by atoms with Crippen LogP contribution in [-0.4, -0.2) is 52.5 Å². The van der Waals surface area contributed by atoms with Gasteiger partial charge in [-0.15, -0.1) is 0 Å². The van der Waals surface area contributed by atoms with Crippen LogP contribution in [0.25, 0.3) is 11.5 Å². The molecule has 0 bridgehead atoms. The van der Waals surface area contributed by atoms with Crippen LogP contribution in [0.2, 0.25) is 0 Å². The van der Waals surface area contributed by atoms with Crippen molar-refractivity contribution in [3.05, 3.63) is 29.6 Å². The van der Waals surface area contributed by atoms with Gasteiger partial charge in [-0.05, 0) is 31.0 Å². The third kappa shape index (κ3) is 3.92. The van der Waals surface area contributed by atoms with Crippen molar-refractivity contribution in [2.24, 2.45) is 0 Å². The van der Waals surface area contributed by atoms with Crippen molar-refractivity contribution in [3.63, 3.8) is 0 Å². The molecule has 1 N–H and O–H groups in total. The summed E-state index contributed by atoms with van der Waals surface area (Å²) >= 11 is 0. The van der Waals surface area contributed by atoms with Gasteiger partial charge >= 0.3 is 6.09 Å². The van der Waals surface area contributed by atoms with Crippen molar-refractivity contribution in [3.8, 4) is 23.3 Å². The van der Waals surface area contributed by atoms with Crippen LogP contribution >= 0.6 is 0 Å². The molecular weight excluding hydrogens is 340 g/mol. The minimum atomic E-state index is -0.900. The number of carbonyl (C=O) groups is 1. The number of nitriles is 1. The summed E-state index contributed by atoms with van der Waals surface area (Å²) in [4.78, 5) is 16.5. The number of ether oxygens (including phenoxy) is 2. The van der Waals surface area contributed by atoms with E-state index in [1.807, 2.05) is 0 Å². The molecule has 9 nitrogen and oxygen atoms in total. The van der Waals surface area contributed by atoms with Crippen molar-refractivity contribution in [1.82, 2.24) is 15.0 Å². The van der Waals surface area contributed by atoms with E-state index >= 15 is 0 Å². The second-order valence-corrected chi connectivity index (χ2v) is 5.82. The number of hydrogen-bond acceptors (Lipinski definition) is 7. The molecule has 1 fully saturated rings. The Hall–Kier alpha value is -3.12. The fraction of sp³-hybridized carbons (Fsp3) is 0.412. The Balaban J connectivity index is 1.59. The van der Waals surface area contributed by atoms with E-state index in [-0.39, 0.29) is 12.7 Å². The Morgan fingerprint density at radius 3 is 2.88 bits per heavy atom. The summed E-state index contributed by atoms with van der Waals surface area (Å²) in [5, 5.41) is 22.0. The number of carboxylic acid groups (broad SMARTS) is 1. The number of amides is 1. The molecule has 1 aromatic carbocycles. The first-order valence-electron chi connectivity index (χ1n) is 8.11. The molecule has 3 rings (SSSR count). The van der Waals surface area contributed by atoms with Crippen molar-refractivity contribution in [1.29, 1.82) is 5.26 Å². The summed E-state index contributed by atoms with van der Waals surface area (Å²) in [6.45, 7) is 1.10. The highest BCUT2D eigenvalue weighted by Gasteiger charge is 2.23. The molecule has 0 spiro atoms. The normalized spacial score (nSPS) is 14.8. The number of methoxy groups -OCH3 is 1. The molecule has 0 saturated carbocycles. The zero-order valence-corrected chi connectivity index (χ0v) is 14.2. The lowest BCUT2D eigenvalue weighted by molar-refractivity contribution is -0.00294. The lowest BCUT2D eigenvalue weighted by atomic mass is 10.1. The van der Waals surface area contributed by atoms with E-state index in [9.17, 15) is 4.79 Å². The summed E-state index contributed by atoms with van der Waals surface area (Å²) in [6.07, 6.45) is 0.350. The van der Waals surface area contributed by atoms with Gasteiger partial charge in [0, 0.05) is 18.7 Å².